The highest BCUT2D eigenvalue weighted by molar-refractivity contribution is 7.90. The zero-order chi connectivity index (χ0) is 18.2. The molecule has 0 radical (unpaired) electrons. The molecule has 1 unspecified atom stereocenters. The molecule has 3 rings (SSSR count). The number of H-pyrrole nitrogens is 1. The lowest BCUT2D eigenvalue weighted by Crippen LogP contribution is -2.10. The summed E-state index contributed by atoms with van der Waals surface area (Å²) in [5.74, 6) is 0.705. The number of hydrogen-bond acceptors (Lipinski definition) is 4. The largest absolute Gasteiger partial charge is 0.609 e. The summed E-state index contributed by atoms with van der Waals surface area (Å²) in [6.45, 7) is 1.80. The number of alkyl halides is 3. The van der Waals surface area contributed by atoms with E-state index in [9.17, 15) is 17.7 Å². The van der Waals surface area contributed by atoms with Crippen LogP contribution < -0.4 is 4.74 Å². The van der Waals surface area contributed by atoms with Gasteiger partial charge in [0, 0.05) is 22.9 Å². The van der Waals surface area contributed by atoms with Crippen LogP contribution in [0.1, 0.15) is 16.8 Å². The van der Waals surface area contributed by atoms with Gasteiger partial charge in [0.15, 0.2) is 5.75 Å². The highest BCUT2D eigenvalue weighted by atomic mass is 32.2. The van der Waals surface area contributed by atoms with Crippen LogP contribution in [-0.4, -0.2) is 26.6 Å². The van der Waals surface area contributed by atoms with Crippen LogP contribution in [0.25, 0.3) is 11.0 Å². The summed E-state index contributed by atoms with van der Waals surface area (Å²) < 4.78 is 56.0. The first kappa shape index (κ1) is 17.6. The van der Waals surface area contributed by atoms with Gasteiger partial charge in [-0.3, -0.25) is 9.97 Å². The number of halogens is 3. The molecule has 25 heavy (non-hydrogen) atoms. The summed E-state index contributed by atoms with van der Waals surface area (Å²) in [5.41, 5.74) is 1.06. The van der Waals surface area contributed by atoms with Crippen LogP contribution in [-0.2, 0) is 23.1 Å². The average Bonchev–Trinajstić information content (AvgIpc) is 2.99. The Labute approximate surface area is 144 Å². The third-order valence-corrected chi connectivity index (χ3v) is 4.91. The Hall–Kier alpha value is -2.26. The van der Waals surface area contributed by atoms with Gasteiger partial charge in [-0.1, -0.05) is 0 Å². The zero-order valence-corrected chi connectivity index (χ0v) is 14.2. The Morgan fingerprint density at radius 1 is 1.28 bits per heavy atom. The quantitative estimate of drug-likeness (QED) is 0.713. The molecule has 0 fully saturated rings. The van der Waals surface area contributed by atoms with Crippen molar-refractivity contribution in [2.75, 3.05) is 7.11 Å². The SMILES string of the molecule is COc1ccnc(C[S+]([O-])c2nc3ccc(C(F)(F)F)cc3[nH]2)c1C. The number of benzene rings is 1. The van der Waals surface area contributed by atoms with E-state index in [1.807, 2.05) is 0 Å². The predicted octanol–water partition coefficient (Wildman–Crippen LogP) is 3.60. The molecule has 1 N–H and O–H groups in total. The van der Waals surface area contributed by atoms with Crippen molar-refractivity contribution in [1.29, 1.82) is 0 Å². The minimum absolute atomic E-state index is 0.0784. The second-order valence-corrected chi connectivity index (χ2v) is 6.71. The fourth-order valence-electron chi connectivity index (χ4n) is 2.39. The van der Waals surface area contributed by atoms with Crippen molar-refractivity contribution in [3.8, 4) is 5.75 Å². The van der Waals surface area contributed by atoms with Crippen LogP contribution in [0.15, 0.2) is 35.6 Å². The van der Waals surface area contributed by atoms with E-state index in [-0.39, 0.29) is 16.4 Å². The minimum Gasteiger partial charge on any atom is -0.609 e. The van der Waals surface area contributed by atoms with Crippen LogP contribution >= 0.6 is 0 Å². The van der Waals surface area contributed by atoms with Crippen molar-refractivity contribution in [3.63, 3.8) is 0 Å². The van der Waals surface area contributed by atoms with Gasteiger partial charge in [0.05, 0.1) is 29.4 Å². The molecule has 3 aromatic rings. The molecule has 0 saturated carbocycles. The second kappa shape index (κ2) is 6.57. The molecule has 0 aliphatic rings. The molecule has 2 aromatic heterocycles. The molecule has 1 atom stereocenters. The summed E-state index contributed by atoms with van der Waals surface area (Å²) in [6, 6.07) is 4.85. The van der Waals surface area contributed by atoms with Gasteiger partial charge in [0.1, 0.15) is 5.75 Å². The number of fused-ring (bicyclic) bond motifs is 1. The van der Waals surface area contributed by atoms with E-state index < -0.39 is 22.9 Å². The van der Waals surface area contributed by atoms with Crippen molar-refractivity contribution < 1.29 is 22.5 Å². The Morgan fingerprint density at radius 3 is 2.72 bits per heavy atom. The number of imidazole rings is 1. The first-order valence-electron chi connectivity index (χ1n) is 7.23. The van der Waals surface area contributed by atoms with Crippen molar-refractivity contribution in [3.05, 3.63) is 47.3 Å². The normalized spacial score (nSPS) is 13.2. The average molecular weight is 369 g/mol. The topological polar surface area (TPSA) is 73.9 Å². The number of aromatic nitrogens is 3. The fourth-order valence-corrected chi connectivity index (χ4v) is 3.49. The summed E-state index contributed by atoms with van der Waals surface area (Å²) in [4.78, 5) is 11.0. The molecule has 0 amide bonds. The maximum absolute atomic E-state index is 12.8. The van der Waals surface area contributed by atoms with E-state index in [2.05, 4.69) is 15.0 Å². The molecular weight excluding hydrogens is 355 g/mol. The van der Waals surface area contributed by atoms with Gasteiger partial charge >= 0.3 is 11.3 Å². The highest BCUT2D eigenvalue weighted by Gasteiger charge is 2.31. The van der Waals surface area contributed by atoms with Crippen LogP contribution in [0, 0.1) is 6.92 Å². The molecule has 1 aromatic carbocycles. The van der Waals surface area contributed by atoms with Gasteiger partial charge in [-0.15, -0.1) is 0 Å². The number of nitrogens with one attached hydrogen (secondary N) is 1. The van der Waals surface area contributed by atoms with E-state index in [4.69, 9.17) is 4.74 Å². The third kappa shape index (κ3) is 3.57. The van der Waals surface area contributed by atoms with Gasteiger partial charge in [-0.2, -0.15) is 18.2 Å². The van der Waals surface area contributed by atoms with Gasteiger partial charge in [0.25, 0.3) is 0 Å². The number of methoxy groups -OCH3 is 1. The van der Waals surface area contributed by atoms with E-state index in [1.165, 1.54) is 13.2 Å². The molecule has 2 heterocycles. The van der Waals surface area contributed by atoms with Gasteiger partial charge in [-0.05, 0) is 31.2 Å². The second-order valence-electron chi connectivity index (χ2n) is 5.35. The Morgan fingerprint density at radius 2 is 2.04 bits per heavy atom. The Bertz CT molecular complexity index is 911. The summed E-state index contributed by atoms with van der Waals surface area (Å²) in [5, 5.41) is 0.110. The molecule has 0 aliphatic heterocycles. The van der Waals surface area contributed by atoms with Crippen LogP contribution in [0.5, 0.6) is 5.75 Å². The lowest BCUT2D eigenvalue weighted by Gasteiger charge is -2.10. The van der Waals surface area contributed by atoms with Gasteiger partial charge in [0.2, 0.25) is 0 Å². The zero-order valence-electron chi connectivity index (χ0n) is 13.3. The molecular formula is C16H14F3N3O2S. The lowest BCUT2D eigenvalue weighted by atomic mass is 10.2. The molecule has 9 heteroatoms. The molecule has 5 nitrogen and oxygen atoms in total. The molecule has 132 valence electrons. The van der Waals surface area contributed by atoms with Crippen LogP contribution in [0.3, 0.4) is 0 Å². The smallest absolute Gasteiger partial charge is 0.416 e. The first-order valence-corrected chi connectivity index (χ1v) is 8.55. The Kier molecular flexibility index (Phi) is 4.61. The number of rotatable bonds is 4. The van der Waals surface area contributed by atoms with Crippen molar-refractivity contribution in [1.82, 2.24) is 15.0 Å². The van der Waals surface area contributed by atoms with E-state index >= 15 is 0 Å². The Balaban J connectivity index is 1.89. The minimum atomic E-state index is -4.44. The van der Waals surface area contributed by atoms with E-state index in [0.29, 0.717) is 17.0 Å². The molecule has 0 saturated heterocycles. The number of ether oxygens (including phenoxy) is 1. The lowest BCUT2D eigenvalue weighted by molar-refractivity contribution is -0.137. The van der Waals surface area contributed by atoms with Gasteiger partial charge < -0.3 is 9.29 Å². The fraction of sp³-hybridized carbons (Fsp3) is 0.250. The van der Waals surface area contributed by atoms with Crippen molar-refractivity contribution in [2.24, 2.45) is 0 Å². The van der Waals surface area contributed by atoms with Crippen molar-refractivity contribution in [2.45, 2.75) is 24.0 Å². The van der Waals surface area contributed by atoms with Gasteiger partial charge in [-0.25, -0.2) is 0 Å². The summed E-state index contributed by atoms with van der Waals surface area (Å²) >= 11 is -1.58. The summed E-state index contributed by atoms with van der Waals surface area (Å²) in [7, 11) is 1.53. The standard InChI is InChI=1S/C16H14F3N3O2S/c1-9-13(20-6-5-14(9)24-2)8-25(23)15-21-11-4-3-10(16(17,18)19)7-12(11)22-15/h3-7H,8H2,1-2H3,(H,21,22). The highest BCUT2D eigenvalue weighted by Crippen LogP contribution is 2.31. The number of pyridine rings is 1. The molecule has 0 aliphatic carbocycles. The van der Waals surface area contributed by atoms with Crippen molar-refractivity contribution >= 4 is 22.2 Å². The van der Waals surface area contributed by atoms with Crippen LogP contribution in [0.4, 0.5) is 13.2 Å². The van der Waals surface area contributed by atoms with Crippen LogP contribution in [0.2, 0.25) is 0 Å². The van der Waals surface area contributed by atoms with E-state index in [1.54, 1.807) is 19.2 Å². The maximum Gasteiger partial charge on any atom is 0.416 e. The number of aromatic amines is 1. The maximum atomic E-state index is 12.8. The monoisotopic (exact) mass is 369 g/mol. The molecule has 0 spiro atoms. The number of hydrogen-bond donors (Lipinski definition) is 1. The van der Waals surface area contributed by atoms with E-state index in [0.717, 1.165) is 17.7 Å². The first-order chi connectivity index (χ1) is 11.8. The third-order valence-electron chi connectivity index (χ3n) is 3.75. The predicted molar refractivity (Wildman–Crippen MR) is 86.7 cm³/mol. The molecule has 0 bridgehead atoms. The number of nitrogens with zero attached hydrogens (tertiary/aromatic N) is 2. The summed E-state index contributed by atoms with van der Waals surface area (Å²) in [6.07, 6.45) is -2.90.